The normalized spacial score (nSPS) is 9.69. The van der Waals surface area contributed by atoms with Crippen LogP contribution in [-0.2, 0) is 0 Å². The molecule has 0 unspecified atom stereocenters. The van der Waals surface area contributed by atoms with Gasteiger partial charge in [0.1, 0.15) is 5.82 Å². The smallest absolute Gasteiger partial charge is 0.254 e. The molecule has 1 N–H and O–H groups in total. The van der Waals surface area contributed by atoms with Crippen molar-refractivity contribution in [2.24, 2.45) is 0 Å². The van der Waals surface area contributed by atoms with Crippen LogP contribution >= 0.6 is 0 Å². The van der Waals surface area contributed by atoms with E-state index in [2.05, 4.69) is 16.9 Å². The van der Waals surface area contributed by atoms with Gasteiger partial charge >= 0.3 is 0 Å². The second kappa shape index (κ2) is 5.30. The number of hydrogen-bond acceptors (Lipinski definition) is 3. The first-order valence-electron chi connectivity index (χ1n) is 5.09. The molecule has 16 heavy (non-hydrogen) atoms. The molecule has 1 heterocycles. The van der Waals surface area contributed by atoms with Crippen LogP contribution in [0.15, 0.2) is 30.5 Å². The quantitative estimate of drug-likeness (QED) is 0.780. The van der Waals surface area contributed by atoms with Gasteiger partial charge in [-0.2, -0.15) is 0 Å². The minimum absolute atomic E-state index is 0.128. The average molecular weight is 219 g/mol. The van der Waals surface area contributed by atoms with Crippen LogP contribution in [0.25, 0.3) is 0 Å². The molecule has 0 aliphatic heterocycles. The molecule has 1 aromatic heterocycles. The van der Waals surface area contributed by atoms with Crippen LogP contribution in [0.5, 0.6) is 0 Å². The number of amides is 1. The summed E-state index contributed by atoms with van der Waals surface area (Å²) in [7, 11) is 3.50. The molecule has 0 bridgehead atoms. The molecule has 0 spiro atoms. The fraction of sp³-hybridized carbons (Fsp3) is 0.333. The summed E-state index contributed by atoms with van der Waals surface area (Å²) in [6.45, 7) is 6.47. The molecule has 1 aromatic rings. The Bertz CT molecular complexity index is 401. The number of anilines is 1. The first-order chi connectivity index (χ1) is 7.56. The van der Waals surface area contributed by atoms with E-state index >= 15 is 0 Å². The number of pyridine rings is 1. The number of nitrogens with one attached hydrogen (secondary N) is 1. The van der Waals surface area contributed by atoms with Gasteiger partial charge < -0.3 is 10.2 Å². The van der Waals surface area contributed by atoms with Crippen molar-refractivity contribution in [3.05, 3.63) is 36.0 Å². The maximum atomic E-state index is 11.6. The van der Waals surface area contributed by atoms with Crippen molar-refractivity contribution in [2.45, 2.75) is 6.92 Å². The molecule has 4 heteroatoms. The molecule has 0 atom stereocenters. The Balaban J connectivity index is 3.03. The summed E-state index contributed by atoms with van der Waals surface area (Å²) in [6.07, 6.45) is 1.68. The van der Waals surface area contributed by atoms with E-state index < -0.39 is 0 Å². The fourth-order valence-corrected chi connectivity index (χ4v) is 1.49. The van der Waals surface area contributed by atoms with Gasteiger partial charge in [-0.15, -0.1) is 0 Å². The Morgan fingerprint density at radius 3 is 2.88 bits per heavy atom. The maximum Gasteiger partial charge on any atom is 0.254 e. The Kier molecular flexibility index (Phi) is 4.05. The number of rotatable bonds is 4. The third-order valence-corrected chi connectivity index (χ3v) is 2.13. The second-order valence-corrected chi connectivity index (χ2v) is 3.77. The van der Waals surface area contributed by atoms with Gasteiger partial charge in [-0.1, -0.05) is 12.2 Å². The van der Waals surface area contributed by atoms with Crippen molar-refractivity contribution in [3.8, 4) is 0 Å². The summed E-state index contributed by atoms with van der Waals surface area (Å²) >= 11 is 0. The molecule has 0 saturated carbocycles. The molecular weight excluding hydrogens is 202 g/mol. The number of carbonyl (C=O) groups is 1. The first-order valence-corrected chi connectivity index (χ1v) is 5.09. The highest BCUT2D eigenvalue weighted by molar-refractivity contribution is 5.98. The summed E-state index contributed by atoms with van der Waals surface area (Å²) in [6, 6.07) is 3.51. The van der Waals surface area contributed by atoms with Crippen molar-refractivity contribution in [1.82, 2.24) is 10.3 Å². The van der Waals surface area contributed by atoms with E-state index in [0.717, 1.165) is 5.57 Å². The molecule has 0 fully saturated rings. The Morgan fingerprint density at radius 2 is 2.31 bits per heavy atom. The van der Waals surface area contributed by atoms with Gasteiger partial charge in [0, 0.05) is 26.8 Å². The van der Waals surface area contributed by atoms with Crippen molar-refractivity contribution in [3.63, 3.8) is 0 Å². The van der Waals surface area contributed by atoms with Gasteiger partial charge in [0.25, 0.3) is 5.91 Å². The van der Waals surface area contributed by atoms with Crippen LogP contribution in [0.4, 0.5) is 5.82 Å². The minimum Gasteiger partial charge on any atom is -0.355 e. The second-order valence-electron chi connectivity index (χ2n) is 3.77. The van der Waals surface area contributed by atoms with Gasteiger partial charge in [0.2, 0.25) is 0 Å². The fourth-order valence-electron chi connectivity index (χ4n) is 1.49. The van der Waals surface area contributed by atoms with E-state index in [9.17, 15) is 4.79 Å². The van der Waals surface area contributed by atoms with Crippen molar-refractivity contribution >= 4 is 11.7 Å². The highest BCUT2D eigenvalue weighted by Gasteiger charge is 2.13. The summed E-state index contributed by atoms with van der Waals surface area (Å²) in [5.41, 5.74) is 1.60. The zero-order chi connectivity index (χ0) is 12.1. The van der Waals surface area contributed by atoms with Crippen molar-refractivity contribution in [1.29, 1.82) is 0 Å². The SMILES string of the molecule is C=C(C)CN(C)c1ncccc1C(=O)NC. The standard InChI is InChI=1S/C12H17N3O/c1-9(2)8-15(4)11-10(12(16)13-3)6-5-7-14-11/h5-7H,1,8H2,2-4H3,(H,13,16). The van der Waals surface area contributed by atoms with Crippen LogP contribution in [0, 0.1) is 0 Å². The average Bonchev–Trinajstić information content (AvgIpc) is 2.27. The minimum atomic E-state index is -0.128. The summed E-state index contributed by atoms with van der Waals surface area (Å²) < 4.78 is 0. The van der Waals surface area contributed by atoms with Crippen LogP contribution in [0.2, 0.25) is 0 Å². The van der Waals surface area contributed by atoms with E-state index in [0.29, 0.717) is 17.9 Å². The zero-order valence-corrected chi connectivity index (χ0v) is 9.95. The summed E-state index contributed by atoms with van der Waals surface area (Å²) in [5, 5.41) is 2.60. The number of aromatic nitrogens is 1. The Labute approximate surface area is 96.0 Å². The predicted molar refractivity (Wildman–Crippen MR) is 65.7 cm³/mol. The van der Waals surface area contributed by atoms with Gasteiger partial charge in [-0.25, -0.2) is 4.98 Å². The topological polar surface area (TPSA) is 45.2 Å². The first kappa shape index (κ1) is 12.2. The van der Waals surface area contributed by atoms with E-state index in [1.165, 1.54) is 0 Å². The lowest BCUT2D eigenvalue weighted by molar-refractivity contribution is 0.0963. The molecule has 1 rings (SSSR count). The largest absolute Gasteiger partial charge is 0.355 e. The molecule has 0 radical (unpaired) electrons. The van der Waals surface area contributed by atoms with E-state index in [-0.39, 0.29) is 5.91 Å². The molecule has 0 aromatic carbocycles. The molecule has 0 aliphatic rings. The maximum absolute atomic E-state index is 11.6. The molecule has 1 amide bonds. The third-order valence-electron chi connectivity index (χ3n) is 2.13. The molecule has 86 valence electrons. The summed E-state index contributed by atoms with van der Waals surface area (Å²) in [5.74, 6) is 0.543. The van der Waals surface area contributed by atoms with Crippen LogP contribution < -0.4 is 10.2 Å². The van der Waals surface area contributed by atoms with E-state index in [4.69, 9.17) is 0 Å². The molecular formula is C12H17N3O. The number of carbonyl (C=O) groups excluding carboxylic acids is 1. The van der Waals surface area contributed by atoms with E-state index in [1.807, 2.05) is 18.9 Å². The van der Waals surface area contributed by atoms with Gasteiger partial charge in [-0.05, 0) is 19.1 Å². The zero-order valence-electron chi connectivity index (χ0n) is 9.95. The van der Waals surface area contributed by atoms with Gasteiger partial charge in [0.05, 0.1) is 5.56 Å². The lowest BCUT2D eigenvalue weighted by Crippen LogP contribution is -2.26. The monoisotopic (exact) mass is 219 g/mol. The highest BCUT2D eigenvalue weighted by atomic mass is 16.1. The molecule has 0 saturated heterocycles. The lowest BCUT2D eigenvalue weighted by Gasteiger charge is -2.20. The predicted octanol–water partition coefficient (Wildman–Crippen LogP) is 1.45. The summed E-state index contributed by atoms with van der Waals surface area (Å²) in [4.78, 5) is 17.8. The Morgan fingerprint density at radius 1 is 1.62 bits per heavy atom. The van der Waals surface area contributed by atoms with Crippen LogP contribution in [0.1, 0.15) is 17.3 Å². The third kappa shape index (κ3) is 2.82. The van der Waals surface area contributed by atoms with Gasteiger partial charge in [-0.3, -0.25) is 4.79 Å². The number of likely N-dealkylation sites (N-methyl/N-ethyl adjacent to an activating group) is 1. The molecule has 4 nitrogen and oxygen atoms in total. The Hall–Kier alpha value is -1.84. The van der Waals surface area contributed by atoms with Crippen molar-refractivity contribution in [2.75, 3.05) is 25.5 Å². The van der Waals surface area contributed by atoms with Gasteiger partial charge in [0.15, 0.2) is 0 Å². The number of nitrogens with zero attached hydrogens (tertiary/aromatic N) is 2. The van der Waals surface area contributed by atoms with E-state index in [1.54, 1.807) is 25.4 Å². The lowest BCUT2D eigenvalue weighted by atomic mass is 10.2. The van der Waals surface area contributed by atoms with Crippen LogP contribution in [0.3, 0.4) is 0 Å². The van der Waals surface area contributed by atoms with Crippen LogP contribution in [-0.4, -0.2) is 31.5 Å². The van der Waals surface area contributed by atoms with Crippen molar-refractivity contribution < 1.29 is 4.79 Å². The molecule has 0 aliphatic carbocycles. The number of hydrogen-bond donors (Lipinski definition) is 1. The highest BCUT2D eigenvalue weighted by Crippen LogP contribution is 2.16.